The Balaban J connectivity index is 2.37. The Morgan fingerprint density at radius 2 is 2.35 bits per heavy atom. The van der Waals surface area contributed by atoms with Crippen molar-refractivity contribution in [3.63, 3.8) is 0 Å². The molecule has 1 atom stereocenters. The number of nitro groups is 1. The Bertz CT molecular complexity index is 621. The van der Waals surface area contributed by atoms with E-state index >= 15 is 0 Å². The Morgan fingerprint density at radius 3 is 2.90 bits per heavy atom. The minimum absolute atomic E-state index is 0.134. The molecule has 0 aliphatic carbocycles. The highest BCUT2D eigenvalue weighted by molar-refractivity contribution is 14.1. The maximum absolute atomic E-state index is 13.6. The number of hydrogen-bond acceptors (Lipinski definition) is 5. The molecule has 0 fully saturated rings. The van der Waals surface area contributed by atoms with Gasteiger partial charge in [-0.05, 0) is 29.0 Å². The quantitative estimate of drug-likeness (QED) is 0.455. The van der Waals surface area contributed by atoms with E-state index in [1.54, 1.807) is 28.8 Å². The first-order valence-corrected chi connectivity index (χ1v) is 7.78. The molecule has 1 heterocycles. The number of thiazole rings is 1. The maximum Gasteiger partial charge on any atom is 0.293 e. The van der Waals surface area contributed by atoms with E-state index in [1.165, 1.54) is 17.4 Å². The molecule has 0 bridgehead atoms. The van der Waals surface area contributed by atoms with E-state index in [4.69, 9.17) is 0 Å². The lowest BCUT2D eigenvalue weighted by Crippen LogP contribution is -2.11. The molecule has 106 valence electrons. The van der Waals surface area contributed by atoms with Crippen LogP contribution in [0.5, 0.6) is 0 Å². The summed E-state index contributed by atoms with van der Waals surface area (Å²) in [6.07, 6.45) is 2.37. The third-order valence-corrected chi connectivity index (χ3v) is 4.44. The summed E-state index contributed by atoms with van der Waals surface area (Å²) in [5.74, 6) is -0.479. The number of aromatic nitrogens is 1. The molecule has 0 amide bonds. The second-order valence-corrected chi connectivity index (χ2v) is 6.10. The van der Waals surface area contributed by atoms with Gasteiger partial charge in [0.15, 0.2) is 0 Å². The molecule has 5 nitrogen and oxygen atoms in total. The minimum Gasteiger partial charge on any atom is -0.370 e. The zero-order valence-electron chi connectivity index (χ0n) is 10.5. The summed E-state index contributed by atoms with van der Waals surface area (Å²) >= 11 is 3.19. The Morgan fingerprint density at radius 1 is 1.60 bits per heavy atom. The zero-order chi connectivity index (χ0) is 14.7. The molecular formula is C12H11FIN3O2S. The number of nitrogens with one attached hydrogen (secondary N) is 1. The Labute approximate surface area is 132 Å². The zero-order valence-corrected chi connectivity index (χ0v) is 13.4. The second kappa shape index (κ2) is 6.44. The standard InChI is InChI=1S/C12H11FIN3O2S/c1-2-9(12-15-3-4-20-12)16-10-5-7(13)8(14)6-11(10)17(18)19/h3-6,9,16H,2H2,1H3. The van der Waals surface area contributed by atoms with Gasteiger partial charge in [-0.2, -0.15) is 0 Å². The minimum atomic E-state index is -0.515. The molecule has 1 aromatic heterocycles. The number of benzene rings is 1. The molecule has 0 saturated heterocycles. The topological polar surface area (TPSA) is 68.1 Å². The van der Waals surface area contributed by atoms with E-state index in [9.17, 15) is 14.5 Å². The van der Waals surface area contributed by atoms with Gasteiger partial charge in [-0.1, -0.05) is 6.92 Å². The van der Waals surface area contributed by atoms with Crippen LogP contribution in [0.2, 0.25) is 0 Å². The van der Waals surface area contributed by atoms with Gasteiger partial charge in [-0.25, -0.2) is 9.37 Å². The van der Waals surface area contributed by atoms with Gasteiger partial charge in [0.05, 0.1) is 14.5 Å². The van der Waals surface area contributed by atoms with Gasteiger partial charge in [0.2, 0.25) is 0 Å². The highest BCUT2D eigenvalue weighted by atomic mass is 127. The fraction of sp³-hybridized carbons (Fsp3) is 0.250. The van der Waals surface area contributed by atoms with Crippen LogP contribution in [0.25, 0.3) is 0 Å². The SMILES string of the molecule is CCC(Nc1cc(F)c(I)cc1[N+](=O)[O-])c1nccs1. The van der Waals surface area contributed by atoms with Crippen molar-refractivity contribution in [1.29, 1.82) is 0 Å². The first kappa shape index (κ1) is 15.1. The van der Waals surface area contributed by atoms with Crippen molar-refractivity contribution in [3.8, 4) is 0 Å². The number of anilines is 1. The third kappa shape index (κ3) is 3.23. The second-order valence-electron chi connectivity index (χ2n) is 4.02. The van der Waals surface area contributed by atoms with Crippen LogP contribution in [-0.4, -0.2) is 9.91 Å². The van der Waals surface area contributed by atoms with E-state index in [-0.39, 0.29) is 21.0 Å². The average molecular weight is 407 g/mol. The van der Waals surface area contributed by atoms with Crippen LogP contribution < -0.4 is 5.32 Å². The summed E-state index contributed by atoms with van der Waals surface area (Å²) in [4.78, 5) is 14.7. The highest BCUT2D eigenvalue weighted by Crippen LogP contribution is 2.32. The highest BCUT2D eigenvalue weighted by Gasteiger charge is 2.21. The molecule has 0 radical (unpaired) electrons. The van der Waals surface area contributed by atoms with Crippen molar-refractivity contribution in [1.82, 2.24) is 4.98 Å². The normalized spacial score (nSPS) is 12.2. The van der Waals surface area contributed by atoms with Crippen molar-refractivity contribution in [2.45, 2.75) is 19.4 Å². The predicted molar refractivity (Wildman–Crippen MR) is 84.5 cm³/mol. The number of nitro benzene ring substituents is 1. The molecule has 1 N–H and O–H groups in total. The molecule has 0 aliphatic heterocycles. The number of hydrogen-bond donors (Lipinski definition) is 1. The van der Waals surface area contributed by atoms with Gasteiger partial charge >= 0.3 is 0 Å². The van der Waals surface area contributed by atoms with Gasteiger partial charge in [0.25, 0.3) is 5.69 Å². The van der Waals surface area contributed by atoms with Crippen LogP contribution in [0.1, 0.15) is 24.4 Å². The summed E-state index contributed by atoms with van der Waals surface area (Å²) < 4.78 is 13.9. The van der Waals surface area contributed by atoms with Gasteiger partial charge in [0, 0.05) is 23.7 Å². The molecule has 0 saturated carbocycles. The molecule has 0 spiro atoms. The van der Waals surface area contributed by atoms with E-state index in [1.807, 2.05) is 12.3 Å². The van der Waals surface area contributed by atoms with E-state index in [0.29, 0.717) is 6.42 Å². The van der Waals surface area contributed by atoms with Crippen LogP contribution in [0.3, 0.4) is 0 Å². The van der Waals surface area contributed by atoms with Gasteiger partial charge < -0.3 is 5.32 Å². The van der Waals surface area contributed by atoms with Gasteiger partial charge in [-0.15, -0.1) is 11.3 Å². The molecule has 8 heteroatoms. The summed E-state index contributed by atoms with van der Waals surface area (Å²) in [5, 5.41) is 16.7. The fourth-order valence-corrected chi connectivity index (χ4v) is 2.96. The van der Waals surface area contributed by atoms with E-state index in [2.05, 4.69) is 10.3 Å². The summed E-state index contributed by atoms with van der Waals surface area (Å²) in [6, 6.07) is 2.22. The number of halogens is 2. The predicted octanol–water partition coefficient (Wildman–Crippen LogP) is 4.36. The lowest BCUT2D eigenvalue weighted by molar-refractivity contribution is -0.384. The van der Waals surface area contributed by atoms with Crippen LogP contribution in [-0.2, 0) is 0 Å². The summed E-state index contributed by atoms with van der Waals surface area (Å²) in [5.41, 5.74) is 0.0424. The van der Waals surface area contributed by atoms with Gasteiger partial charge in [0.1, 0.15) is 16.5 Å². The van der Waals surface area contributed by atoms with Crippen molar-refractivity contribution in [3.05, 3.63) is 48.2 Å². The van der Waals surface area contributed by atoms with Crippen molar-refractivity contribution in [2.24, 2.45) is 0 Å². The molecule has 1 unspecified atom stereocenters. The van der Waals surface area contributed by atoms with Crippen molar-refractivity contribution < 1.29 is 9.31 Å². The van der Waals surface area contributed by atoms with E-state index in [0.717, 1.165) is 11.1 Å². The van der Waals surface area contributed by atoms with Crippen LogP contribution in [0.15, 0.2) is 23.7 Å². The van der Waals surface area contributed by atoms with Crippen LogP contribution >= 0.6 is 33.9 Å². The number of rotatable bonds is 5. The summed E-state index contributed by atoms with van der Waals surface area (Å²) in [7, 11) is 0. The Hall–Kier alpha value is -1.29. The molecule has 1 aromatic carbocycles. The number of nitrogens with zero attached hydrogens (tertiary/aromatic N) is 2. The van der Waals surface area contributed by atoms with Crippen LogP contribution in [0.4, 0.5) is 15.8 Å². The first-order chi connectivity index (χ1) is 9.52. The van der Waals surface area contributed by atoms with Crippen molar-refractivity contribution in [2.75, 3.05) is 5.32 Å². The monoisotopic (exact) mass is 407 g/mol. The molecule has 20 heavy (non-hydrogen) atoms. The lowest BCUT2D eigenvalue weighted by atomic mass is 10.2. The molecule has 2 aromatic rings. The molecule has 0 aliphatic rings. The average Bonchev–Trinajstić information content (AvgIpc) is 2.93. The molecule has 2 rings (SSSR count). The van der Waals surface area contributed by atoms with Gasteiger partial charge in [-0.3, -0.25) is 10.1 Å². The van der Waals surface area contributed by atoms with Crippen molar-refractivity contribution >= 4 is 45.3 Å². The first-order valence-electron chi connectivity index (χ1n) is 5.82. The fourth-order valence-electron chi connectivity index (χ4n) is 1.74. The smallest absolute Gasteiger partial charge is 0.293 e. The summed E-state index contributed by atoms with van der Waals surface area (Å²) in [6.45, 7) is 1.94. The molecular weight excluding hydrogens is 396 g/mol. The van der Waals surface area contributed by atoms with Crippen LogP contribution in [0, 0.1) is 19.5 Å². The maximum atomic E-state index is 13.6. The van der Waals surface area contributed by atoms with E-state index < -0.39 is 10.7 Å². The largest absolute Gasteiger partial charge is 0.370 e. The third-order valence-electron chi connectivity index (χ3n) is 2.72. The lowest BCUT2D eigenvalue weighted by Gasteiger charge is -2.16. The Kier molecular flexibility index (Phi) is 4.86.